The standard InChI is InChI=1S/C20H21ClF3N3O3/c1-18(2,14-7-6-12(21)8-17(14)30-29)10-19(28,20(22,23)24)11-25-15-4-3-5-16-13(15)9-26-27-16/h3-9,25,28-29H,10-11H2,1-2H3,(H,26,27). The Balaban J connectivity index is 1.91. The van der Waals surface area contributed by atoms with Crippen molar-refractivity contribution in [2.75, 3.05) is 11.9 Å². The summed E-state index contributed by atoms with van der Waals surface area (Å²) in [6, 6.07) is 9.25. The number of anilines is 1. The van der Waals surface area contributed by atoms with Gasteiger partial charge in [-0.25, -0.2) is 5.26 Å². The van der Waals surface area contributed by atoms with Crippen LogP contribution in [0.1, 0.15) is 25.8 Å². The van der Waals surface area contributed by atoms with Crippen LogP contribution in [0.2, 0.25) is 5.02 Å². The first-order valence-electron chi connectivity index (χ1n) is 9.03. The third-order valence-electron chi connectivity index (χ3n) is 5.09. The second kappa shape index (κ2) is 7.98. The lowest BCUT2D eigenvalue weighted by Crippen LogP contribution is -2.53. The minimum absolute atomic E-state index is 0.0758. The van der Waals surface area contributed by atoms with Crippen LogP contribution in [0.15, 0.2) is 42.6 Å². The van der Waals surface area contributed by atoms with Gasteiger partial charge in [0.1, 0.15) is 0 Å². The van der Waals surface area contributed by atoms with Gasteiger partial charge in [0.25, 0.3) is 0 Å². The van der Waals surface area contributed by atoms with Crippen LogP contribution in [-0.2, 0) is 5.41 Å². The quantitative estimate of drug-likeness (QED) is 0.300. The Kier molecular flexibility index (Phi) is 5.90. The van der Waals surface area contributed by atoms with Crippen molar-refractivity contribution in [3.63, 3.8) is 0 Å². The Morgan fingerprint density at radius 3 is 2.60 bits per heavy atom. The lowest BCUT2D eigenvalue weighted by molar-refractivity contribution is -0.260. The monoisotopic (exact) mass is 443 g/mol. The van der Waals surface area contributed by atoms with Crippen molar-refractivity contribution in [2.24, 2.45) is 0 Å². The van der Waals surface area contributed by atoms with E-state index in [0.29, 0.717) is 16.6 Å². The van der Waals surface area contributed by atoms with E-state index in [0.717, 1.165) is 0 Å². The highest BCUT2D eigenvalue weighted by Crippen LogP contribution is 2.44. The van der Waals surface area contributed by atoms with Gasteiger partial charge in [0.15, 0.2) is 11.4 Å². The number of hydrogen-bond donors (Lipinski definition) is 4. The Hall–Kier alpha value is -2.49. The number of nitrogens with zero attached hydrogens (tertiary/aromatic N) is 1. The van der Waals surface area contributed by atoms with E-state index in [1.165, 1.54) is 38.2 Å². The molecular weight excluding hydrogens is 423 g/mol. The number of aliphatic hydroxyl groups is 1. The van der Waals surface area contributed by atoms with Crippen LogP contribution in [0.5, 0.6) is 5.75 Å². The van der Waals surface area contributed by atoms with Gasteiger partial charge in [-0.2, -0.15) is 18.3 Å². The fourth-order valence-electron chi connectivity index (χ4n) is 3.58. The number of H-pyrrole nitrogens is 1. The van der Waals surface area contributed by atoms with E-state index >= 15 is 0 Å². The molecule has 1 atom stereocenters. The van der Waals surface area contributed by atoms with Crippen molar-refractivity contribution in [2.45, 2.75) is 37.5 Å². The summed E-state index contributed by atoms with van der Waals surface area (Å²) < 4.78 is 41.8. The molecule has 0 spiro atoms. The topological polar surface area (TPSA) is 90.4 Å². The minimum Gasteiger partial charge on any atom is -0.381 e. The van der Waals surface area contributed by atoms with Gasteiger partial charge in [-0.1, -0.05) is 37.6 Å². The SMILES string of the molecule is CC(C)(CC(O)(CNc1cccc2[nH]ncc12)C(F)(F)F)c1ccc(Cl)cc1OO. The molecule has 3 rings (SSSR count). The highest BCUT2D eigenvalue weighted by atomic mass is 35.5. The van der Waals surface area contributed by atoms with Gasteiger partial charge in [0.2, 0.25) is 0 Å². The average Bonchev–Trinajstić information content (AvgIpc) is 3.14. The van der Waals surface area contributed by atoms with Gasteiger partial charge in [0.05, 0.1) is 18.3 Å². The number of alkyl halides is 3. The van der Waals surface area contributed by atoms with Crippen LogP contribution in [0.4, 0.5) is 18.9 Å². The molecule has 4 N–H and O–H groups in total. The highest BCUT2D eigenvalue weighted by Gasteiger charge is 2.56. The molecular formula is C20H21ClF3N3O3. The van der Waals surface area contributed by atoms with Crippen molar-refractivity contribution < 1.29 is 28.4 Å². The Bertz CT molecular complexity index is 1040. The van der Waals surface area contributed by atoms with Crippen molar-refractivity contribution in [3.8, 4) is 5.75 Å². The zero-order chi connectivity index (χ0) is 22.2. The van der Waals surface area contributed by atoms with Gasteiger partial charge in [-0.3, -0.25) is 5.10 Å². The van der Waals surface area contributed by atoms with Crippen LogP contribution >= 0.6 is 11.6 Å². The molecule has 1 aromatic heterocycles. The molecule has 0 amide bonds. The summed E-state index contributed by atoms with van der Waals surface area (Å²) in [7, 11) is 0. The maximum absolute atomic E-state index is 13.9. The molecule has 1 unspecified atom stereocenters. The number of rotatable bonds is 7. The van der Waals surface area contributed by atoms with Gasteiger partial charge in [0, 0.05) is 27.7 Å². The van der Waals surface area contributed by atoms with E-state index in [9.17, 15) is 18.3 Å². The van der Waals surface area contributed by atoms with E-state index in [2.05, 4.69) is 20.4 Å². The molecule has 0 aliphatic rings. The molecule has 0 fully saturated rings. The Labute approximate surface area is 175 Å². The molecule has 0 saturated carbocycles. The van der Waals surface area contributed by atoms with Crippen molar-refractivity contribution >= 4 is 28.2 Å². The molecule has 6 nitrogen and oxygen atoms in total. The molecule has 162 valence electrons. The third kappa shape index (κ3) is 4.33. The fourth-order valence-corrected chi connectivity index (χ4v) is 3.75. The van der Waals surface area contributed by atoms with Crippen LogP contribution < -0.4 is 10.2 Å². The van der Waals surface area contributed by atoms with E-state index < -0.39 is 30.2 Å². The summed E-state index contributed by atoms with van der Waals surface area (Å²) >= 11 is 5.87. The average molecular weight is 444 g/mol. The molecule has 0 saturated heterocycles. The number of hydrogen-bond acceptors (Lipinski definition) is 5. The van der Waals surface area contributed by atoms with Gasteiger partial charge in [-0.15, -0.1) is 0 Å². The van der Waals surface area contributed by atoms with Gasteiger partial charge < -0.3 is 15.3 Å². The first-order valence-corrected chi connectivity index (χ1v) is 9.41. The molecule has 0 radical (unpaired) electrons. The van der Waals surface area contributed by atoms with E-state index in [1.54, 1.807) is 18.2 Å². The number of benzene rings is 2. The molecule has 0 bridgehead atoms. The summed E-state index contributed by atoms with van der Waals surface area (Å²) in [5.74, 6) is -0.0758. The number of aromatic nitrogens is 2. The van der Waals surface area contributed by atoms with Gasteiger partial charge >= 0.3 is 6.18 Å². The fraction of sp³-hybridized carbons (Fsp3) is 0.350. The smallest absolute Gasteiger partial charge is 0.381 e. The van der Waals surface area contributed by atoms with Crippen LogP contribution in [0.25, 0.3) is 10.9 Å². The predicted molar refractivity (Wildman–Crippen MR) is 108 cm³/mol. The molecule has 3 aromatic rings. The first kappa shape index (κ1) is 22.2. The number of fused-ring (bicyclic) bond motifs is 1. The van der Waals surface area contributed by atoms with Crippen LogP contribution in [0, 0.1) is 0 Å². The number of halogens is 4. The number of aromatic amines is 1. The first-order chi connectivity index (χ1) is 14.0. The maximum Gasteiger partial charge on any atom is 0.418 e. The van der Waals surface area contributed by atoms with E-state index in [4.69, 9.17) is 16.9 Å². The largest absolute Gasteiger partial charge is 0.418 e. The molecule has 10 heteroatoms. The highest BCUT2D eigenvalue weighted by molar-refractivity contribution is 6.30. The second-order valence-corrected chi connectivity index (χ2v) is 8.25. The van der Waals surface area contributed by atoms with Crippen molar-refractivity contribution in [3.05, 3.63) is 53.2 Å². The lowest BCUT2D eigenvalue weighted by Gasteiger charge is -2.38. The van der Waals surface area contributed by atoms with E-state index in [-0.39, 0.29) is 16.3 Å². The van der Waals surface area contributed by atoms with E-state index in [1.807, 2.05) is 0 Å². The summed E-state index contributed by atoms with van der Waals surface area (Å²) in [5, 5.41) is 30.0. The van der Waals surface area contributed by atoms with Crippen molar-refractivity contribution in [1.82, 2.24) is 10.2 Å². The molecule has 2 aromatic carbocycles. The van der Waals surface area contributed by atoms with Crippen LogP contribution in [-0.4, -0.2) is 38.9 Å². The summed E-state index contributed by atoms with van der Waals surface area (Å²) in [6.07, 6.45) is -4.13. The normalized spacial score (nSPS) is 14.5. The zero-order valence-corrected chi connectivity index (χ0v) is 17.0. The molecule has 0 aliphatic carbocycles. The summed E-state index contributed by atoms with van der Waals surface area (Å²) in [6.45, 7) is 2.26. The van der Waals surface area contributed by atoms with Crippen LogP contribution in [0.3, 0.4) is 0 Å². The minimum atomic E-state index is -4.92. The third-order valence-corrected chi connectivity index (χ3v) is 5.32. The summed E-state index contributed by atoms with van der Waals surface area (Å²) in [4.78, 5) is 4.31. The second-order valence-electron chi connectivity index (χ2n) is 7.81. The predicted octanol–water partition coefficient (Wildman–Crippen LogP) is 5.14. The lowest BCUT2D eigenvalue weighted by atomic mass is 9.74. The van der Waals surface area contributed by atoms with Gasteiger partial charge in [-0.05, 0) is 30.0 Å². The number of nitrogens with one attached hydrogen (secondary N) is 2. The maximum atomic E-state index is 13.9. The van der Waals surface area contributed by atoms with Crippen molar-refractivity contribution in [1.29, 1.82) is 0 Å². The molecule has 0 aliphatic heterocycles. The molecule has 30 heavy (non-hydrogen) atoms. The zero-order valence-electron chi connectivity index (χ0n) is 16.2. The summed E-state index contributed by atoms with van der Waals surface area (Å²) in [5.41, 5.74) is -2.96. The molecule has 1 heterocycles. The Morgan fingerprint density at radius 1 is 1.20 bits per heavy atom. The Morgan fingerprint density at radius 2 is 1.93 bits per heavy atom.